The Balaban J connectivity index is 2.03. The fraction of sp³-hybridized carbons (Fsp3) is 0.438. The van der Waals surface area contributed by atoms with E-state index in [-0.39, 0.29) is 28.2 Å². The zero-order valence-electron chi connectivity index (χ0n) is 12.6. The zero-order valence-corrected chi connectivity index (χ0v) is 12.6. The van der Waals surface area contributed by atoms with Gasteiger partial charge < -0.3 is 4.98 Å². The van der Waals surface area contributed by atoms with E-state index in [4.69, 9.17) is 0 Å². The SMILES string of the molecule is CC1(C)C(C(=O)c2c[nH]c3cc([N+](=O)[O-])ccc23)C1(C)C. The molecule has 5 heteroatoms. The zero-order chi connectivity index (χ0) is 15.6. The van der Waals surface area contributed by atoms with Crippen molar-refractivity contribution in [1.82, 2.24) is 4.98 Å². The third kappa shape index (κ3) is 1.73. The Labute approximate surface area is 122 Å². The Kier molecular flexibility index (Phi) is 2.58. The van der Waals surface area contributed by atoms with Crippen LogP contribution in [-0.2, 0) is 0 Å². The summed E-state index contributed by atoms with van der Waals surface area (Å²) in [6.45, 7) is 8.43. The van der Waals surface area contributed by atoms with E-state index < -0.39 is 4.92 Å². The number of nitro benzene ring substituents is 1. The van der Waals surface area contributed by atoms with Crippen LogP contribution in [0.3, 0.4) is 0 Å². The van der Waals surface area contributed by atoms with Crippen molar-refractivity contribution in [1.29, 1.82) is 0 Å². The molecule has 1 heterocycles. The van der Waals surface area contributed by atoms with Gasteiger partial charge in [-0.3, -0.25) is 14.9 Å². The van der Waals surface area contributed by atoms with E-state index in [1.165, 1.54) is 12.1 Å². The molecule has 110 valence electrons. The Morgan fingerprint density at radius 2 is 1.86 bits per heavy atom. The molecule has 0 bridgehead atoms. The average Bonchev–Trinajstić information content (AvgIpc) is 2.73. The van der Waals surface area contributed by atoms with Gasteiger partial charge in [-0.15, -0.1) is 0 Å². The number of non-ortho nitro benzene ring substituents is 1. The van der Waals surface area contributed by atoms with Crippen molar-refractivity contribution in [2.24, 2.45) is 16.7 Å². The number of nitrogens with one attached hydrogen (secondary N) is 1. The summed E-state index contributed by atoms with van der Waals surface area (Å²) >= 11 is 0. The van der Waals surface area contributed by atoms with Crippen molar-refractivity contribution in [2.75, 3.05) is 0 Å². The van der Waals surface area contributed by atoms with Crippen LogP contribution in [-0.4, -0.2) is 15.7 Å². The lowest BCUT2D eigenvalue weighted by molar-refractivity contribution is -0.384. The molecule has 1 fully saturated rings. The Morgan fingerprint density at radius 1 is 1.24 bits per heavy atom. The minimum atomic E-state index is -0.436. The smallest absolute Gasteiger partial charge is 0.271 e. The van der Waals surface area contributed by atoms with Gasteiger partial charge in [0.25, 0.3) is 5.69 Å². The maximum atomic E-state index is 12.8. The summed E-state index contributed by atoms with van der Waals surface area (Å²) in [7, 11) is 0. The number of aromatic amines is 1. The highest BCUT2D eigenvalue weighted by molar-refractivity contribution is 6.11. The quantitative estimate of drug-likeness (QED) is 0.527. The third-order valence-corrected chi connectivity index (χ3v) is 5.42. The van der Waals surface area contributed by atoms with Crippen LogP contribution in [0.4, 0.5) is 5.69 Å². The molecule has 0 unspecified atom stereocenters. The first-order valence-corrected chi connectivity index (χ1v) is 6.97. The van der Waals surface area contributed by atoms with E-state index in [0.29, 0.717) is 11.1 Å². The molecule has 0 atom stereocenters. The normalized spacial score (nSPS) is 19.6. The molecule has 0 aliphatic heterocycles. The second kappa shape index (κ2) is 3.93. The van der Waals surface area contributed by atoms with Crippen LogP contribution in [0.2, 0.25) is 0 Å². The molecule has 21 heavy (non-hydrogen) atoms. The predicted molar refractivity (Wildman–Crippen MR) is 80.3 cm³/mol. The lowest BCUT2D eigenvalue weighted by atomic mass is 10.0. The van der Waals surface area contributed by atoms with E-state index in [0.717, 1.165) is 5.39 Å². The number of fused-ring (bicyclic) bond motifs is 1. The number of hydrogen-bond donors (Lipinski definition) is 1. The number of Topliss-reactive ketones (excluding diaryl/α,β-unsaturated/α-hetero) is 1. The second-order valence-electron chi connectivity index (χ2n) is 6.93. The average molecular weight is 286 g/mol. The van der Waals surface area contributed by atoms with Crippen molar-refractivity contribution in [3.05, 3.63) is 40.1 Å². The molecule has 0 amide bonds. The number of nitrogens with zero attached hydrogens (tertiary/aromatic N) is 1. The number of benzene rings is 1. The number of ketones is 1. The van der Waals surface area contributed by atoms with Crippen LogP contribution in [0.5, 0.6) is 0 Å². The van der Waals surface area contributed by atoms with Gasteiger partial charge in [0.2, 0.25) is 0 Å². The third-order valence-electron chi connectivity index (χ3n) is 5.42. The number of nitro groups is 1. The number of aromatic nitrogens is 1. The highest BCUT2D eigenvalue weighted by Gasteiger charge is 2.68. The summed E-state index contributed by atoms with van der Waals surface area (Å²) in [5, 5.41) is 11.6. The topological polar surface area (TPSA) is 76.0 Å². The van der Waals surface area contributed by atoms with Gasteiger partial charge in [-0.1, -0.05) is 27.7 Å². The molecule has 1 aromatic heterocycles. The van der Waals surface area contributed by atoms with Crippen molar-refractivity contribution < 1.29 is 9.72 Å². The van der Waals surface area contributed by atoms with Crippen LogP contribution in [0, 0.1) is 26.9 Å². The van der Waals surface area contributed by atoms with Crippen LogP contribution < -0.4 is 0 Å². The molecule has 1 aromatic carbocycles. The maximum absolute atomic E-state index is 12.8. The first kappa shape index (κ1) is 13.8. The molecular weight excluding hydrogens is 268 g/mol. The molecule has 2 aromatic rings. The van der Waals surface area contributed by atoms with Crippen molar-refractivity contribution in [2.45, 2.75) is 27.7 Å². The van der Waals surface area contributed by atoms with Gasteiger partial charge in [-0.05, 0) is 16.9 Å². The van der Waals surface area contributed by atoms with E-state index in [2.05, 4.69) is 32.7 Å². The molecule has 0 saturated heterocycles. The van der Waals surface area contributed by atoms with E-state index in [1.54, 1.807) is 12.3 Å². The number of carbonyl (C=O) groups is 1. The summed E-state index contributed by atoms with van der Waals surface area (Å²) in [5.41, 5.74) is 1.24. The molecule has 1 aliphatic carbocycles. The monoisotopic (exact) mass is 286 g/mol. The fourth-order valence-corrected chi connectivity index (χ4v) is 3.44. The summed E-state index contributed by atoms with van der Waals surface area (Å²) in [6.07, 6.45) is 1.67. The van der Waals surface area contributed by atoms with Gasteiger partial charge in [0.05, 0.1) is 10.4 Å². The van der Waals surface area contributed by atoms with Gasteiger partial charge in [0, 0.05) is 35.2 Å². The first-order chi connectivity index (χ1) is 9.68. The summed E-state index contributed by atoms with van der Waals surface area (Å²) in [6, 6.07) is 4.56. The molecule has 1 aliphatic rings. The summed E-state index contributed by atoms with van der Waals surface area (Å²) in [5.74, 6) is 0.101. The molecule has 0 spiro atoms. The lowest BCUT2D eigenvalue weighted by Gasteiger charge is -2.03. The Bertz CT molecular complexity index is 757. The molecular formula is C16H18N2O3. The highest BCUT2D eigenvalue weighted by Crippen LogP contribution is 2.69. The van der Waals surface area contributed by atoms with E-state index in [9.17, 15) is 14.9 Å². The fourth-order valence-electron chi connectivity index (χ4n) is 3.44. The number of hydrogen-bond acceptors (Lipinski definition) is 3. The largest absolute Gasteiger partial charge is 0.360 e. The Hall–Kier alpha value is -2.17. The van der Waals surface area contributed by atoms with Gasteiger partial charge in [0.15, 0.2) is 5.78 Å². The van der Waals surface area contributed by atoms with Gasteiger partial charge in [-0.2, -0.15) is 0 Å². The van der Waals surface area contributed by atoms with Gasteiger partial charge >= 0.3 is 0 Å². The van der Waals surface area contributed by atoms with Crippen LogP contribution in [0.1, 0.15) is 38.1 Å². The summed E-state index contributed by atoms with van der Waals surface area (Å²) < 4.78 is 0. The van der Waals surface area contributed by atoms with Crippen LogP contribution in [0.25, 0.3) is 10.9 Å². The van der Waals surface area contributed by atoms with Crippen LogP contribution in [0.15, 0.2) is 24.4 Å². The molecule has 0 radical (unpaired) electrons. The number of rotatable bonds is 3. The minimum absolute atomic E-state index is 0.0146. The maximum Gasteiger partial charge on any atom is 0.271 e. The Morgan fingerprint density at radius 3 is 2.38 bits per heavy atom. The number of H-pyrrole nitrogens is 1. The van der Waals surface area contributed by atoms with Crippen molar-refractivity contribution in [3.63, 3.8) is 0 Å². The summed E-state index contributed by atoms with van der Waals surface area (Å²) in [4.78, 5) is 26.1. The van der Waals surface area contributed by atoms with Gasteiger partial charge in [0.1, 0.15) is 0 Å². The van der Waals surface area contributed by atoms with Crippen LogP contribution >= 0.6 is 0 Å². The molecule has 1 N–H and O–H groups in total. The predicted octanol–water partition coefficient (Wildman–Crippen LogP) is 3.94. The molecule has 5 nitrogen and oxygen atoms in total. The standard InChI is InChI=1S/C16H18N2O3/c1-15(2)14(16(15,3)4)13(19)11-8-17-12-7-9(18(20)21)5-6-10(11)12/h5-8,14,17H,1-4H3. The molecule has 3 rings (SSSR count). The van der Waals surface area contributed by atoms with E-state index >= 15 is 0 Å². The lowest BCUT2D eigenvalue weighted by Crippen LogP contribution is -2.06. The van der Waals surface area contributed by atoms with Crippen molar-refractivity contribution >= 4 is 22.4 Å². The first-order valence-electron chi connectivity index (χ1n) is 6.97. The van der Waals surface area contributed by atoms with Crippen molar-refractivity contribution in [3.8, 4) is 0 Å². The van der Waals surface area contributed by atoms with E-state index in [1.807, 2.05) is 0 Å². The minimum Gasteiger partial charge on any atom is -0.360 e. The highest BCUT2D eigenvalue weighted by atomic mass is 16.6. The number of carbonyl (C=O) groups excluding carboxylic acids is 1. The molecule has 1 saturated carbocycles. The second-order valence-corrected chi connectivity index (χ2v) is 6.93. The van der Waals surface area contributed by atoms with Gasteiger partial charge in [-0.25, -0.2) is 0 Å².